The summed E-state index contributed by atoms with van der Waals surface area (Å²) in [5, 5.41) is 0.611. The van der Waals surface area contributed by atoms with E-state index in [-0.39, 0.29) is 11.9 Å². The minimum absolute atomic E-state index is 0.0408. The van der Waals surface area contributed by atoms with Crippen molar-refractivity contribution in [1.29, 1.82) is 0 Å². The predicted molar refractivity (Wildman–Crippen MR) is 77.4 cm³/mol. The van der Waals surface area contributed by atoms with Crippen LogP contribution in [-0.4, -0.2) is 35.0 Å². The molecule has 19 heavy (non-hydrogen) atoms. The van der Waals surface area contributed by atoms with Crippen LogP contribution in [0.25, 0.3) is 0 Å². The summed E-state index contributed by atoms with van der Waals surface area (Å²) >= 11 is 6.00. The van der Waals surface area contributed by atoms with Gasteiger partial charge in [0.15, 0.2) is 0 Å². The molecule has 2 unspecified atom stereocenters. The van der Waals surface area contributed by atoms with Crippen molar-refractivity contribution in [2.75, 3.05) is 13.6 Å². The van der Waals surface area contributed by atoms with Gasteiger partial charge in [0.1, 0.15) is 5.69 Å². The summed E-state index contributed by atoms with van der Waals surface area (Å²) in [4.78, 5) is 14.4. The first kappa shape index (κ1) is 14.4. The summed E-state index contributed by atoms with van der Waals surface area (Å²) in [6, 6.07) is 2.01. The van der Waals surface area contributed by atoms with Crippen molar-refractivity contribution >= 4 is 17.5 Å². The molecule has 1 fully saturated rings. The van der Waals surface area contributed by atoms with Crippen molar-refractivity contribution in [2.45, 2.75) is 38.8 Å². The molecule has 106 valence electrons. The zero-order chi connectivity index (χ0) is 14.0. The zero-order valence-electron chi connectivity index (χ0n) is 11.6. The number of carbonyl (C=O) groups excluding carboxylic acids is 1. The molecule has 2 rings (SSSR count). The number of aromatic nitrogens is 1. The lowest BCUT2D eigenvalue weighted by Gasteiger charge is -2.29. The van der Waals surface area contributed by atoms with E-state index in [9.17, 15) is 4.79 Å². The van der Waals surface area contributed by atoms with Gasteiger partial charge in [-0.15, -0.1) is 0 Å². The molecule has 1 saturated carbocycles. The number of hydrogen-bond donors (Lipinski definition) is 1. The molecule has 1 aliphatic rings. The first-order chi connectivity index (χ1) is 9.08. The number of rotatable bonds is 4. The fraction of sp³-hybridized carbons (Fsp3) is 0.643. The van der Waals surface area contributed by atoms with Crippen molar-refractivity contribution < 1.29 is 4.79 Å². The maximum absolute atomic E-state index is 12.6. The highest BCUT2D eigenvalue weighted by molar-refractivity contribution is 6.31. The zero-order valence-corrected chi connectivity index (χ0v) is 12.4. The standard InChI is InChI=1S/C14H22ClN3O/c1-3-18-9-11(15)7-13(18)14(19)17(2)12-6-4-5-10(12)8-16/h7,9-10,12H,3-6,8,16H2,1-2H3. The van der Waals surface area contributed by atoms with Crippen LogP contribution < -0.4 is 5.73 Å². The Morgan fingerprint density at radius 3 is 2.95 bits per heavy atom. The lowest BCUT2D eigenvalue weighted by atomic mass is 10.0. The Morgan fingerprint density at radius 1 is 1.58 bits per heavy atom. The molecular formula is C14H22ClN3O. The summed E-state index contributed by atoms with van der Waals surface area (Å²) in [6.07, 6.45) is 5.12. The Labute approximate surface area is 119 Å². The van der Waals surface area contributed by atoms with Gasteiger partial charge >= 0.3 is 0 Å². The number of nitrogens with two attached hydrogens (primary N) is 1. The van der Waals surface area contributed by atoms with Crippen LogP contribution in [0.4, 0.5) is 0 Å². The topological polar surface area (TPSA) is 51.3 Å². The molecule has 5 heteroatoms. The Bertz CT molecular complexity index is 458. The molecule has 1 aliphatic carbocycles. The van der Waals surface area contributed by atoms with Gasteiger partial charge in [-0.3, -0.25) is 4.79 Å². The molecule has 4 nitrogen and oxygen atoms in total. The van der Waals surface area contributed by atoms with E-state index in [1.54, 1.807) is 12.3 Å². The lowest BCUT2D eigenvalue weighted by molar-refractivity contribution is 0.0689. The summed E-state index contributed by atoms with van der Waals surface area (Å²) in [6.45, 7) is 3.40. The van der Waals surface area contributed by atoms with Crippen LogP contribution in [0.15, 0.2) is 12.3 Å². The van der Waals surface area contributed by atoms with Gasteiger partial charge in [-0.05, 0) is 38.3 Å². The second-order valence-corrected chi connectivity index (χ2v) is 5.68. The highest BCUT2D eigenvalue weighted by atomic mass is 35.5. The molecule has 0 aromatic carbocycles. The third-order valence-corrected chi connectivity index (χ3v) is 4.37. The van der Waals surface area contributed by atoms with Gasteiger partial charge in [0.2, 0.25) is 0 Å². The van der Waals surface area contributed by atoms with Gasteiger partial charge in [-0.25, -0.2) is 0 Å². The number of amides is 1. The molecule has 1 aromatic rings. The van der Waals surface area contributed by atoms with Crippen LogP contribution in [0.2, 0.25) is 5.02 Å². The quantitative estimate of drug-likeness (QED) is 0.922. The number of carbonyl (C=O) groups is 1. The van der Waals surface area contributed by atoms with Crippen molar-refractivity contribution in [3.63, 3.8) is 0 Å². The van der Waals surface area contributed by atoms with Crippen LogP contribution in [0.1, 0.15) is 36.7 Å². The summed E-state index contributed by atoms with van der Waals surface area (Å²) in [5.41, 5.74) is 6.46. The SMILES string of the molecule is CCn1cc(Cl)cc1C(=O)N(C)C1CCCC1CN. The maximum atomic E-state index is 12.6. The predicted octanol–water partition coefficient (Wildman–Crippen LogP) is 2.36. The van der Waals surface area contributed by atoms with Crippen LogP contribution in [-0.2, 0) is 6.54 Å². The van der Waals surface area contributed by atoms with E-state index in [2.05, 4.69) is 0 Å². The van der Waals surface area contributed by atoms with E-state index in [4.69, 9.17) is 17.3 Å². The van der Waals surface area contributed by atoms with Crippen LogP contribution in [0.5, 0.6) is 0 Å². The van der Waals surface area contributed by atoms with Crippen LogP contribution >= 0.6 is 11.6 Å². The van der Waals surface area contributed by atoms with E-state index in [1.165, 1.54) is 0 Å². The number of aryl methyl sites for hydroxylation is 1. The number of halogens is 1. The molecule has 0 saturated heterocycles. The third-order valence-electron chi connectivity index (χ3n) is 4.16. The molecule has 0 aliphatic heterocycles. The van der Waals surface area contributed by atoms with Gasteiger partial charge in [0, 0.05) is 25.8 Å². The molecule has 2 atom stereocenters. The number of hydrogen-bond acceptors (Lipinski definition) is 2. The smallest absolute Gasteiger partial charge is 0.270 e. The maximum Gasteiger partial charge on any atom is 0.270 e. The molecule has 1 amide bonds. The van der Waals surface area contributed by atoms with E-state index >= 15 is 0 Å². The van der Waals surface area contributed by atoms with Crippen molar-refractivity contribution in [2.24, 2.45) is 11.7 Å². The van der Waals surface area contributed by atoms with Gasteiger partial charge < -0.3 is 15.2 Å². The molecule has 0 radical (unpaired) electrons. The molecule has 0 bridgehead atoms. The molecule has 0 spiro atoms. The average Bonchev–Trinajstić information content (AvgIpc) is 3.02. The fourth-order valence-corrected chi connectivity index (χ4v) is 3.27. The van der Waals surface area contributed by atoms with Gasteiger partial charge in [-0.2, -0.15) is 0 Å². The Kier molecular flexibility index (Phi) is 4.53. The Morgan fingerprint density at radius 2 is 2.32 bits per heavy atom. The van der Waals surface area contributed by atoms with Gasteiger partial charge in [0.25, 0.3) is 5.91 Å². The third kappa shape index (κ3) is 2.79. The van der Waals surface area contributed by atoms with E-state index in [1.807, 2.05) is 23.4 Å². The number of nitrogens with zero attached hydrogens (tertiary/aromatic N) is 2. The highest BCUT2D eigenvalue weighted by Crippen LogP contribution is 2.29. The Balaban J connectivity index is 2.18. The molecule has 2 N–H and O–H groups in total. The second kappa shape index (κ2) is 5.97. The molecule has 1 heterocycles. The van der Waals surface area contributed by atoms with Gasteiger partial charge in [-0.1, -0.05) is 18.0 Å². The van der Waals surface area contributed by atoms with E-state index in [0.29, 0.717) is 23.2 Å². The van der Waals surface area contributed by atoms with Crippen molar-refractivity contribution in [1.82, 2.24) is 9.47 Å². The largest absolute Gasteiger partial charge is 0.342 e. The Hall–Kier alpha value is -1.00. The average molecular weight is 284 g/mol. The summed E-state index contributed by atoms with van der Waals surface area (Å²) < 4.78 is 1.90. The minimum atomic E-state index is 0.0408. The minimum Gasteiger partial charge on any atom is -0.342 e. The molecule has 1 aromatic heterocycles. The summed E-state index contributed by atoms with van der Waals surface area (Å²) in [7, 11) is 1.88. The van der Waals surface area contributed by atoms with E-state index in [0.717, 1.165) is 25.8 Å². The monoisotopic (exact) mass is 283 g/mol. The van der Waals surface area contributed by atoms with Crippen LogP contribution in [0, 0.1) is 5.92 Å². The fourth-order valence-electron chi connectivity index (χ4n) is 3.05. The van der Waals surface area contributed by atoms with Crippen molar-refractivity contribution in [3.8, 4) is 0 Å². The normalized spacial score (nSPS) is 22.7. The highest BCUT2D eigenvalue weighted by Gasteiger charge is 2.32. The van der Waals surface area contributed by atoms with Crippen LogP contribution in [0.3, 0.4) is 0 Å². The lowest BCUT2D eigenvalue weighted by Crippen LogP contribution is -2.42. The first-order valence-electron chi connectivity index (χ1n) is 6.91. The van der Waals surface area contributed by atoms with Crippen molar-refractivity contribution in [3.05, 3.63) is 23.0 Å². The molecular weight excluding hydrogens is 262 g/mol. The van der Waals surface area contributed by atoms with E-state index < -0.39 is 0 Å². The second-order valence-electron chi connectivity index (χ2n) is 5.24. The van der Waals surface area contributed by atoms with Gasteiger partial charge in [0.05, 0.1) is 5.02 Å². The first-order valence-corrected chi connectivity index (χ1v) is 7.29. The summed E-state index contributed by atoms with van der Waals surface area (Å²) in [5.74, 6) is 0.466.